The van der Waals surface area contributed by atoms with Gasteiger partial charge in [0.05, 0.1) is 31.6 Å². The summed E-state index contributed by atoms with van der Waals surface area (Å²) < 4.78 is 12.5. The molecule has 0 saturated heterocycles. The van der Waals surface area contributed by atoms with E-state index in [1.807, 2.05) is 49.4 Å². The largest absolute Gasteiger partial charge is 0.497 e. The van der Waals surface area contributed by atoms with Gasteiger partial charge in [0.1, 0.15) is 11.5 Å². The highest BCUT2D eigenvalue weighted by Crippen LogP contribution is 2.42. The monoisotopic (exact) mass is 392 g/mol. The smallest absolute Gasteiger partial charge is 0.274 e. The van der Waals surface area contributed by atoms with Crippen LogP contribution in [0.15, 0.2) is 48.5 Å². The molecule has 1 saturated carbocycles. The third kappa shape index (κ3) is 3.81. The van der Waals surface area contributed by atoms with Crippen LogP contribution in [0.4, 0.5) is 0 Å². The van der Waals surface area contributed by atoms with Crippen LogP contribution < -0.4 is 14.8 Å². The first-order valence-corrected chi connectivity index (χ1v) is 9.66. The van der Waals surface area contributed by atoms with Crippen LogP contribution in [-0.4, -0.2) is 35.1 Å². The second kappa shape index (κ2) is 7.95. The number of carbonyl (C=O) groups is 1. The number of hydrogen-bond donors (Lipinski definition) is 1. The Hall–Kier alpha value is -3.35. The summed E-state index contributed by atoms with van der Waals surface area (Å²) in [6.45, 7) is 1.92. The number of ether oxygens (including phenoxy) is 2. The molecule has 29 heavy (non-hydrogen) atoms. The first-order chi connectivity index (χ1) is 14.1. The van der Waals surface area contributed by atoms with E-state index in [1.165, 1.54) is 0 Å². The van der Waals surface area contributed by atoms with Crippen molar-refractivity contribution in [3.05, 3.63) is 65.5 Å². The van der Waals surface area contributed by atoms with Crippen LogP contribution in [0.5, 0.6) is 11.5 Å². The van der Waals surface area contributed by atoms with Gasteiger partial charge in [-0.1, -0.05) is 23.4 Å². The molecule has 1 aromatic heterocycles. The third-order valence-corrected chi connectivity index (χ3v) is 5.14. The Balaban J connectivity index is 1.60. The number of amides is 1. The maximum atomic E-state index is 13.1. The van der Waals surface area contributed by atoms with E-state index in [0.717, 1.165) is 29.8 Å². The Bertz CT molecular complexity index is 1010. The first kappa shape index (κ1) is 19.0. The van der Waals surface area contributed by atoms with Crippen LogP contribution in [0.2, 0.25) is 0 Å². The van der Waals surface area contributed by atoms with Gasteiger partial charge in [0.25, 0.3) is 5.91 Å². The summed E-state index contributed by atoms with van der Waals surface area (Å²) in [7, 11) is 3.21. The molecule has 1 fully saturated rings. The highest BCUT2D eigenvalue weighted by Gasteiger charge is 2.34. The molecule has 3 aromatic rings. The number of para-hydroxylation sites is 1. The van der Waals surface area contributed by atoms with E-state index < -0.39 is 0 Å². The fraction of sp³-hybridized carbons (Fsp3) is 0.318. The van der Waals surface area contributed by atoms with Crippen LogP contribution in [0.1, 0.15) is 53.5 Å². The lowest BCUT2D eigenvalue weighted by Crippen LogP contribution is -2.28. The summed E-state index contributed by atoms with van der Waals surface area (Å²) in [5, 5.41) is 11.5. The highest BCUT2D eigenvalue weighted by atomic mass is 16.5. The van der Waals surface area contributed by atoms with Gasteiger partial charge in [0, 0.05) is 17.5 Å². The van der Waals surface area contributed by atoms with Crippen LogP contribution in [0.3, 0.4) is 0 Å². The number of hydrogen-bond acceptors (Lipinski definition) is 5. The van der Waals surface area contributed by atoms with Gasteiger partial charge in [0.2, 0.25) is 0 Å². The molecule has 0 spiro atoms. The zero-order valence-corrected chi connectivity index (χ0v) is 16.8. The number of benzene rings is 2. The minimum atomic E-state index is -0.266. The van der Waals surface area contributed by atoms with Crippen molar-refractivity contribution in [2.75, 3.05) is 14.2 Å². The number of aromatic nitrogens is 3. The summed E-state index contributed by atoms with van der Waals surface area (Å²) in [6.07, 6.45) is 2.09. The molecule has 0 bridgehead atoms. The summed E-state index contributed by atoms with van der Waals surface area (Å²) in [5.74, 6) is 1.44. The van der Waals surface area contributed by atoms with E-state index in [2.05, 4.69) is 15.6 Å². The standard InChI is InChI=1S/C22H24N4O3/c1-14(18-12-11-17(28-2)13-19(18)29-3)23-22(27)20-21(15-9-10-15)26(25-24-20)16-7-5-4-6-8-16/h4-8,11-15H,9-10H2,1-3H3,(H,23,27)/t14-/m1/s1. The van der Waals surface area contributed by atoms with E-state index >= 15 is 0 Å². The average molecular weight is 392 g/mol. The molecule has 1 aliphatic rings. The molecular formula is C22H24N4O3. The fourth-order valence-corrected chi connectivity index (χ4v) is 3.45. The molecule has 150 valence electrons. The Labute approximate surface area is 169 Å². The summed E-state index contributed by atoms with van der Waals surface area (Å²) in [6, 6.07) is 15.1. The molecule has 0 radical (unpaired) electrons. The van der Waals surface area contributed by atoms with Crippen molar-refractivity contribution in [1.29, 1.82) is 0 Å². The van der Waals surface area contributed by atoms with Crippen LogP contribution in [-0.2, 0) is 0 Å². The highest BCUT2D eigenvalue weighted by molar-refractivity contribution is 5.94. The number of rotatable bonds is 7. The Kier molecular flexibility index (Phi) is 5.20. The number of methoxy groups -OCH3 is 2. The topological polar surface area (TPSA) is 78.3 Å². The molecule has 7 nitrogen and oxygen atoms in total. The molecule has 1 heterocycles. The zero-order chi connectivity index (χ0) is 20.4. The van der Waals surface area contributed by atoms with Crippen molar-refractivity contribution in [2.45, 2.75) is 31.7 Å². The predicted molar refractivity (Wildman–Crippen MR) is 109 cm³/mol. The minimum Gasteiger partial charge on any atom is -0.497 e. The number of nitrogens with one attached hydrogen (secondary N) is 1. The van der Waals surface area contributed by atoms with Gasteiger partial charge in [-0.15, -0.1) is 5.10 Å². The van der Waals surface area contributed by atoms with Crippen molar-refractivity contribution in [2.24, 2.45) is 0 Å². The molecule has 0 unspecified atom stereocenters. The molecule has 1 aliphatic carbocycles. The van der Waals surface area contributed by atoms with Crippen molar-refractivity contribution in [1.82, 2.24) is 20.3 Å². The first-order valence-electron chi connectivity index (χ1n) is 9.66. The normalized spacial score (nSPS) is 14.3. The molecule has 2 aromatic carbocycles. The van der Waals surface area contributed by atoms with E-state index in [1.54, 1.807) is 25.0 Å². The van der Waals surface area contributed by atoms with Gasteiger partial charge >= 0.3 is 0 Å². The van der Waals surface area contributed by atoms with Gasteiger partial charge < -0.3 is 14.8 Å². The second-order valence-corrected chi connectivity index (χ2v) is 7.15. The Morgan fingerprint density at radius 2 is 1.90 bits per heavy atom. The Morgan fingerprint density at radius 1 is 1.14 bits per heavy atom. The fourth-order valence-electron chi connectivity index (χ4n) is 3.45. The van der Waals surface area contributed by atoms with Gasteiger partial charge in [-0.3, -0.25) is 4.79 Å². The molecular weight excluding hydrogens is 368 g/mol. The minimum absolute atomic E-state index is 0.237. The summed E-state index contributed by atoms with van der Waals surface area (Å²) in [4.78, 5) is 13.1. The van der Waals surface area contributed by atoms with Crippen molar-refractivity contribution >= 4 is 5.91 Å². The average Bonchev–Trinajstić information content (AvgIpc) is 3.51. The molecule has 4 rings (SSSR count). The third-order valence-electron chi connectivity index (χ3n) is 5.14. The van der Waals surface area contributed by atoms with Gasteiger partial charge in [-0.05, 0) is 44.0 Å². The van der Waals surface area contributed by atoms with Crippen molar-refractivity contribution < 1.29 is 14.3 Å². The lowest BCUT2D eigenvalue weighted by atomic mass is 10.1. The number of carbonyl (C=O) groups excluding carboxylic acids is 1. The van der Waals surface area contributed by atoms with Gasteiger partial charge in [0.15, 0.2) is 5.69 Å². The lowest BCUT2D eigenvalue weighted by Gasteiger charge is -2.18. The maximum Gasteiger partial charge on any atom is 0.274 e. The van der Waals surface area contributed by atoms with Crippen LogP contribution in [0.25, 0.3) is 5.69 Å². The van der Waals surface area contributed by atoms with Gasteiger partial charge in [-0.25, -0.2) is 4.68 Å². The quantitative estimate of drug-likeness (QED) is 0.664. The molecule has 1 N–H and O–H groups in total. The lowest BCUT2D eigenvalue weighted by molar-refractivity contribution is 0.0933. The molecule has 7 heteroatoms. The summed E-state index contributed by atoms with van der Waals surface area (Å²) in [5.41, 5.74) is 3.04. The van der Waals surface area contributed by atoms with E-state index in [0.29, 0.717) is 23.1 Å². The molecule has 1 atom stereocenters. The van der Waals surface area contributed by atoms with Crippen LogP contribution >= 0.6 is 0 Å². The van der Waals surface area contributed by atoms with Crippen molar-refractivity contribution in [3.8, 4) is 17.2 Å². The zero-order valence-electron chi connectivity index (χ0n) is 16.8. The Morgan fingerprint density at radius 3 is 2.55 bits per heavy atom. The van der Waals surface area contributed by atoms with E-state index in [4.69, 9.17) is 9.47 Å². The maximum absolute atomic E-state index is 13.1. The predicted octanol–water partition coefficient (Wildman–Crippen LogP) is 3.65. The SMILES string of the molecule is COc1ccc([C@@H](C)NC(=O)c2nnn(-c3ccccc3)c2C2CC2)c(OC)c1. The summed E-state index contributed by atoms with van der Waals surface area (Å²) >= 11 is 0. The van der Waals surface area contributed by atoms with Crippen LogP contribution in [0, 0.1) is 0 Å². The van der Waals surface area contributed by atoms with E-state index in [9.17, 15) is 4.79 Å². The molecule has 0 aliphatic heterocycles. The van der Waals surface area contributed by atoms with E-state index in [-0.39, 0.29) is 11.9 Å². The second-order valence-electron chi connectivity index (χ2n) is 7.15. The van der Waals surface area contributed by atoms with Crippen molar-refractivity contribution in [3.63, 3.8) is 0 Å². The number of nitrogens with zero attached hydrogens (tertiary/aromatic N) is 3. The van der Waals surface area contributed by atoms with Gasteiger partial charge in [-0.2, -0.15) is 0 Å². The molecule has 1 amide bonds.